The van der Waals surface area contributed by atoms with Gasteiger partial charge >= 0.3 is 0 Å². The molecule has 1 aliphatic heterocycles. The van der Waals surface area contributed by atoms with Crippen molar-refractivity contribution in [3.05, 3.63) is 126 Å². The van der Waals surface area contributed by atoms with Crippen molar-refractivity contribution in [2.24, 2.45) is 0 Å². The molecule has 0 unspecified atom stereocenters. The highest BCUT2D eigenvalue weighted by atomic mass is 16.6. The standard InChI is InChI=1S/C36H25NO2/c1-36(2)28-13-7-6-11-25(28)27-20-34-35(21-29(27)36)39-33-19-23(15-18-32(33)38-34)24-12-8-14-31-26(24)16-17-30(37-31)22-9-4-3-5-10-22/h3-21H,1-2H3. The lowest BCUT2D eigenvalue weighted by Crippen LogP contribution is -2.15. The van der Waals surface area contributed by atoms with Gasteiger partial charge in [0.25, 0.3) is 0 Å². The van der Waals surface area contributed by atoms with E-state index in [1.807, 2.05) is 24.3 Å². The van der Waals surface area contributed by atoms with Gasteiger partial charge in [-0.3, -0.25) is 0 Å². The van der Waals surface area contributed by atoms with Crippen molar-refractivity contribution in [3.8, 4) is 56.5 Å². The molecule has 0 saturated carbocycles. The molecule has 6 aromatic rings. The lowest BCUT2D eigenvalue weighted by molar-refractivity contribution is 0.359. The Bertz CT molecular complexity index is 1940. The highest BCUT2D eigenvalue weighted by molar-refractivity contribution is 5.96. The molecule has 39 heavy (non-hydrogen) atoms. The SMILES string of the molecule is CC1(C)c2ccccc2-c2cc3c(cc21)Oc1cc(-c2cccc4nc(-c5ccccc5)ccc24)ccc1O3. The van der Waals surface area contributed by atoms with E-state index in [-0.39, 0.29) is 5.41 Å². The third kappa shape index (κ3) is 3.33. The molecule has 5 aromatic carbocycles. The number of hydrogen-bond acceptors (Lipinski definition) is 3. The van der Waals surface area contributed by atoms with Crippen LogP contribution >= 0.6 is 0 Å². The van der Waals surface area contributed by atoms with Crippen LogP contribution < -0.4 is 9.47 Å². The molecule has 0 N–H and O–H groups in total. The van der Waals surface area contributed by atoms with Crippen molar-refractivity contribution in [1.29, 1.82) is 0 Å². The molecule has 2 heterocycles. The molecular formula is C36H25NO2. The van der Waals surface area contributed by atoms with Crippen LogP contribution in [0, 0.1) is 0 Å². The van der Waals surface area contributed by atoms with E-state index in [1.54, 1.807) is 0 Å². The second-order valence-electron chi connectivity index (χ2n) is 10.8. The fourth-order valence-electron chi connectivity index (χ4n) is 6.12. The molecule has 0 spiro atoms. The number of ether oxygens (including phenoxy) is 2. The maximum absolute atomic E-state index is 6.51. The molecule has 0 saturated heterocycles. The zero-order chi connectivity index (χ0) is 26.1. The van der Waals surface area contributed by atoms with E-state index in [9.17, 15) is 0 Å². The molecule has 3 nitrogen and oxygen atoms in total. The Hall–Kier alpha value is -4.89. The van der Waals surface area contributed by atoms with Crippen LogP contribution in [0.4, 0.5) is 0 Å². The minimum Gasteiger partial charge on any atom is -0.449 e. The van der Waals surface area contributed by atoms with Crippen LogP contribution in [-0.4, -0.2) is 4.98 Å². The van der Waals surface area contributed by atoms with Crippen molar-refractivity contribution >= 4 is 10.9 Å². The van der Waals surface area contributed by atoms with E-state index in [0.29, 0.717) is 0 Å². The summed E-state index contributed by atoms with van der Waals surface area (Å²) in [5.74, 6) is 2.95. The quantitative estimate of drug-likeness (QED) is 0.235. The van der Waals surface area contributed by atoms with Crippen molar-refractivity contribution in [1.82, 2.24) is 4.98 Å². The van der Waals surface area contributed by atoms with Gasteiger partial charge in [-0.05, 0) is 69.8 Å². The van der Waals surface area contributed by atoms with Crippen LogP contribution in [0.15, 0.2) is 115 Å². The van der Waals surface area contributed by atoms with Crippen molar-refractivity contribution in [2.45, 2.75) is 19.3 Å². The number of pyridine rings is 1. The number of aromatic nitrogens is 1. The molecule has 8 rings (SSSR count). The fraction of sp³-hybridized carbons (Fsp3) is 0.0833. The van der Waals surface area contributed by atoms with Gasteiger partial charge in [0.2, 0.25) is 0 Å². The zero-order valence-corrected chi connectivity index (χ0v) is 21.7. The van der Waals surface area contributed by atoms with Crippen LogP contribution in [0.25, 0.3) is 44.4 Å². The summed E-state index contributed by atoms with van der Waals surface area (Å²) in [7, 11) is 0. The summed E-state index contributed by atoms with van der Waals surface area (Å²) in [6.45, 7) is 4.55. The number of hydrogen-bond donors (Lipinski definition) is 0. The van der Waals surface area contributed by atoms with Gasteiger partial charge in [0.1, 0.15) is 0 Å². The monoisotopic (exact) mass is 503 g/mol. The first-order chi connectivity index (χ1) is 19.1. The Morgan fingerprint density at radius 2 is 1.26 bits per heavy atom. The van der Waals surface area contributed by atoms with E-state index in [2.05, 4.69) is 105 Å². The van der Waals surface area contributed by atoms with Gasteiger partial charge < -0.3 is 9.47 Å². The van der Waals surface area contributed by atoms with Gasteiger partial charge in [-0.2, -0.15) is 0 Å². The second kappa shape index (κ2) is 8.05. The second-order valence-corrected chi connectivity index (χ2v) is 10.8. The van der Waals surface area contributed by atoms with E-state index >= 15 is 0 Å². The summed E-state index contributed by atoms with van der Waals surface area (Å²) in [5, 5.41) is 1.10. The van der Waals surface area contributed by atoms with E-state index in [1.165, 1.54) is 22.3 Å². The van der Waals surface area contributed by atoms with E-state index in [4.69, 9.17) is 14.5 Å². The minimum absolute atomic E-state index is 0.0962. The molecular weight excluding hydrogens is 478 g/mol. The predicted molar refractivity (Wildman–Crippen MR) is 157 cm³/mol. The number of rotatable bonds is 2. The molecule has 1 aliphatic carbocycles. The number of benzene rings is 5. The minimum atomic E-state index is -0.0962. The summed E-state index contributed by atoms with van der Waals surface area (Å²) in [6, 6.07) is 39.9. The average molecular weight is 504 g/mol. The first-order valence-electron chi connectivity index (χ1n) is 13.3. The summed E-state index contributed by atoms with van der Waals surface area (Å²) in [6.07, 6.45) is 0. The molecule has 0 bridgehead atoms. The Kier molecular flexibility index (Phi) is 4.57. The normalized spacial score (nSPS) is 14.0. The third-order valence-corrected chi connectivity index (χ3v) is 8.14. The molecule has 0 fully saturated rings. The first kappa shape index (κ1) is 22.1. The molecule has 2 aliphatic rings. The lowest BCUT2D eigenvalue weighted by Gasteiger charge is -2.25. The van der Waals surface area contributed by atoms with Gasteiger partial charge in [-0.1, -0.05) is 92.7 Å². The predicted octanol–water partition coefficient (Wildman–Crippen LogP) is 9.77. The van der Waals surface area contributed by atoms with Crippen LogP contribution in [0.2, 0.25) is 0 Å². The van der Waals surface area contributed by atoms with Gasteiger partial charge in [0.05, 0.1) is 11.2 Å². The summed E-state index contributed by atoms with van der Waals surface area (Å²) < 4.78 is 12.9. The van der Waals surface area contributed by atoms with Crippen LogP contribution in [0.5, 0.6) is 23.0 Å². The molecule has 3 heteroatoms. The van der Waals surface area contributed by atoms with Gasteiger partial charge in [-0.25, -0.2) is 4.98 Å². The van der Waals surface area contributed by atoms with Gasteiger partial charge in [0.15, 0.2) is 23.0 Å². The Labute approximate surface area is 227 Å². The Morgan fingerprint density at radius 3 is 2.15 bits per heavy atom. The maximum atomic E-state index is 6.51. The van der Waals surface area contributed by atoms with Crippen LogP contribution in [0.3, 0.4) is 0 Å². The summed E-state index contributed by atoms with van der Waals surface area (Å²) in [5.41, 5.74) is 10.2. The largest absolute Gasteiger partial charge is 0.449 e. The van der Waals surface area contributed by atoms with Crippen molar-refractivity contribution < 1.29 is 9.47 Å². The van der Waals surface area contributed by atoms with Crippen molar-refractivity contribution in [2.75, 3.05) is 0 Å². The van der Waals surface area contributed by atoms with E-state index in [0.717, 1.165) is 56.3 Å². The highest BCUT2D eigenvalue weighted by Gasteiger charge is 2.37. The van der Waals surface area contributed by atoms with Gasteiger partial charge in [-0.15, -0.1) is 0 Å². The molecule has 1 aromatic heterocycles. The topological polar surface area (TPSA) is 31.4 Å². The summed E-state index contributed by atoms with van der Waals surface area (Å²) in [4.78, 5) is 4.96. The smallest absolute Gasteiger partial charge is 0.170 e. The Balaban J connectivity index is 1.18. The first-order valence-corrected chi connectivity index (χ1v) is 13.3. The molecule has 0 amide bonds. The molecule has 186 valence electrons. The lowest BCUT2D eigenvalue weighted by atomic mass is 9.82. The fourth-order valence-corrected chi connectivity index (χ4v) is 6.12. The number of fused-ring (bicyclic) bond motifs is 6. The average Bonchev–Trinajstić information content (AvgIpc) is 3.20. The maximum Gasteiger partial charge on any atom is 0.170 e. The van der Waals surface area contributed by atoms with Gasteiger partial charge in [0, 0.05) is 16.4 Å². The zero-order valence-electron chi connectivity index (χ0n) is 21.7. The van der Waals surface area contributed by atoms with E-state index < -0.39 is 0 Å². The van der Waals surface area contributed by atoms with Crippen LogP contribution in [0.1, 0.15) is 25.0 Å². The van der Waals surface area contributed by atoms with Crippen LogP contribution in [-0.2, 0) is 5.41 Å². The highest BCUT2D eigenvalue weighted by Crippen LogP contribution is 2.55. The molecule has 0 radical (unpaired) electrons. The summed E-state index contributed by atoms with van der Waals surface area (Å²) >= 11 is 0. The number of nitrogens with zero attached hydrogens (tertiary/aromatic N) is 1. The van der Waals surface area contributed by atoms with Crippen molar-refractivity contribution in [3.63, 3.8) is 0 Å². The Morgan fingerprint density at radius 1 is 0.513 bits per heavy atom. The third-order valence-electron chi connectivity index (χ3n) is 8.14. The molecule has 0 atom stereocenters.